The lowest BCUT2D eigenvalue weighted by Gasteiger charge is -2.22. The van der Waals surface area contributed by atoms with Crippen molar-refractivity contribution in [3.63, 3.8) is 0 Å². The quantitative estimate of drug-likeness (QED) is 0.311. The molecule has 8 nitrogen and oxygen atoms in total. The fourth-order valence-electron chi connectivity index (χ4n) is 4.58. The summed E-state index contributed by atoms with van der Waals surface area (Å²) in [6.07, 6.45) is 7.09. The van der Waals surface area contributed by atoms with Gasteiger partial charge >= 0.3 is 0 Å². The van der Waals surface area contributed by atoms with Crippen LogP contribution in [-0.2, 0) is 17.6 Å². The first kappa shape index (κ1) is 22.7. The van der Waals surface area contributed by atoms with E-state index in [2.05, 4.69) is 25.7 Å². The van der Waals surface area contributed by atoms with Crippen LogP contribution in [0.15, 0.2) is 49.1 Å². The van der Waals surface area contributed by atoms with Gasteiger partial charge in [0, 0.05) is 22.7 Å². The molecule has 4 aromatic heterocycles. The molecule has 1 aromatic carbocycles. The Labute approximate surface area is 214 Å². The number of methoxy groups -OCH3 is 1. The summed E-state index contributed by atoms with van der Waals surface area (Å²) >= 11 is 7.44. The number of benzene rings is 1. The Bertz CT molecular complexity index is 1630. The van der Waals surface area contributed by atoms with E-state index in [9.17, 15) is 9.18 Å². The molecule has 1 aliphatic carbocycles. The molecule has 0 saturated heterocycles. The van der Waals surface area contributed by atoms with E-state index in [0.29, 0.717) is 30.1 Å². The van der Waals surface area contributed by atoms with Crippen molar-refractivity contribution in [2.24, 2.45) is 5.92 Å². The highest BCUT2D eigenvalue weighted by Crippen LogP contribution is 2.41. The smallest absolute Gasteiger partial charge is 0.227 e. The van der Waals surface area contributed by atoms with E-state index in [1.54, 1.807) is 35.5 Å². The lowest BCUT2D eigenvalue weighted by molar-refractivity contribution is -0.120. The molecule has 6 rings (SSSR count). The Morgan fingerprint density at radius 1 is 1.28 bits per heavy atom. The zero-order chi connectivity index (χ0) is 24.8. The number of aryl methyl sites for hydroxylation is 1. The third-order valence-electron chi connectivity index (χ3n) is 6.37. The van der Waals surface area contributed by atoms with E-state index in [1.807, 2.05) is 18.3 Å². The number of amides is 1. The Morgan fingerprint density at radius 2 is 2.17 bits per heavy atom. The van der Waals surface area contributed by atoms with Gasteiger partial charge in [0.1, 0.15) is 22.8 Å². The van der Waals surface area contributed by atoms with Crippen LogP contribution in [0, 0.1) is 11.7 Å². The fraction of sp³-hybridized carbons (Fsp3) is 0.200. The van der Waals surface area contributed by atoms with Gasteiger partial charge in [-0.2, -0.15) is 5.10 Å². The van der Waals surface area contributed by atoms with Gasteiger partial charge in [0.2, 0.25) is 5.91 Å². The van der Waals surface area contributed by atoms with Crippen LogP contribution in [0.4, 0.5) is 21.6 Å². The molecule has 0 radical (unpaired) electrons. The molecule has 0 unspecified atom stereocenters. The number of hydrogen-bond donors (Lipinski definition) is 2. The van der Waals surface area contributed by atoms with Gasteiger partial charge in [0.05, 0.1) is 34.9 Å². The number of nitrogens with one attached hydrogen (secondary N) is 2. The van der Waals surface area contributed by atoms with Gasteiger partial charge in [-0.25, -0.2) is 18.9 Å². The molecule has 5 aromatic rings. The number of carbonyl (C=O) groups excluding carboxylic acids is 1. The van der Waals surface area contributed by atoms with Crippen molar-refractivity contribution in [3.05, 3.63) is 70.3 Å². The number of rotatable bonds is 5. The van der Waals surface area contributed by atoms with Gasteiger partial charge in [0.15, 0.2) is 5.75 Å². The Balaban J connectivity index is 1.28. The molecular weight excluding hydrogens is 503 g/mol. The Kier molecular flexibility index (Phi) is 5.69. The van der Waals surface area contributed by atoms with E-state index in [0.717, 1.165) is 38.3 Å². The number of nitrogens with zero attached hydrogens (tertiary/aromatic N) is 4. The highest BCUT2D eigenvalue weighted by atomic mass is 35.5. The number of ether oxygens (including phenoxy) is 1. The highest BCUT2D eigenvalue weighted by molar-refractivity contribution is 7.19. The minimum atomic E-state index is -0.518. The van der Waals surface area contributed by atoms with E-state index >= 15 is 0 Å². The maximum atomic E-state index is 13.5. The van der Waals surface area contributed by atoms with Gasteiger partial charge in [-0.1, -0.05) is 11.6 Å². The largest absolute Gasteiger partial charge is 0.493 e. The van der Waals surface area contributed by atoms with E-state index in [1.165, 1.54) is 18.2 Å². The van der Waals surface area contributed by atoms with Crippen molar-refractivity contribution in [2.75, 3.05) is 17.7 Å². The Hall–Kier alpha value is -3.76. The molecule has 0 aliphatic heterocycles. The second-order valence-corrected chi connectivity index (χ2v) is 10.0. The predicted octanol–water partition coefficient (Wildman–Crippen LogP) is 5.63. The molecule has 1 atom stereocenters. The summed E-state index contributed by atoms with van der Waals surface area (Å²) in [6.45, 7) is 0. The van der Waals surface area contributed by atoms with Crippen molar-refractivity contribution in [1.29, 1.82) is 0 Å². The monoisotopic (exact) mass is 522 g/mol. The first-order valence-corrected chi connectivity index (χ1v) is 12.5. The molecular formula is C25H20ClFN6O2S. The van der Waals surface area contributed by atoms with Gasteiger partial charge in [-0.05, 0) is 55.2 Å². The summed E-state index contributed by atoms with van der Waals surface area (Å²) in [5.41, 5.74) is 3.34. The predicted molar refractivity (Wildman–Crippen MR) is 138 cm³/mol. The topological polar surface area (TPSA) is 93.4 Å². The van der Waals surface area contributed by atoms with Crippen molar-refractivity contribution in [1.82, 2.24) is 19.6 Å². The zero-order valence-corrected chi connectivity index (χ0v) is 20.7. The fourth-order valence-corrected chi connectivity index (χ4v) is 6.03. The van der Waals surface area contributed by atoms with E-state index < -0.39 is 5.82 Å². The Morgan fingerprint density at radius 3 is 3.00 bits per heavy atom. The molecule has 0 bridgehead atoms. The normalized spacial score (nSPS) is 15.1. The second kappa shape index (κ2) is 9.03. The number of aromatic nitrogens is 4. The van der Waals surface area contributed by atoms with E-state index in [4.69, 9.17) is 16.3 Å². The van der Waals surface area contributed by atoms with Crippen LogP contribution in [0.25, 0.3) is 15.7 Å². The van der Waals surface area contributed by atoms with Gasteiger partial charge in [-0.15, -0.1) is 11.3 Å². The molecule has 182 valence electrons. The maximum absolute atomic E-state index is 13.5. The summed E-state index contributed by atoms with van der Waals surface area (Å²) in [4.78, 5) is 24.0. The second-order valence-electron chi connectivity index (χ2n) is 8.55. The number of pyridine rings is 1. The lowest BCUT2D eigenvalue weighted by atomic mass is 9.87. The molecule has 0 fully saturated rings. The standard InChI is InChI=1S/C25H20ClFN6O2S/c1-35-20-11-33-15(6-7-30-33)10-19(20)32-23-22-16-4-2-13(8-21(16)36-25(22)29-12-28-23)24(34)31-14-3-5-18(27)17(26)9-14/h3,5-7,9-13H,2,4,8H2,1H3,(H,31,34)(H,28,29,32)/t13-/m0/s1. The van der Waals surface area contributed by atoms with Crippen LogP contribution in [0.2, 0.25) is 5.02 Å². The highest BCUT2D eigenvalue weighted by Gasteiger charge is 2.29. The summed E-state index contributed by atoms with van der Waals surface area (Å²) < 4.78 is 20.8. The molecule has 1 amide bonds. The van der Waals surface area contributed by atoms with Gasteiger partial charge in [0.25, 0.3) is 0 Å². The number of hydrogen-bond acceptors (Lipinski definition) is 7. The van der Waals surface area contributed by atoms with Crippen LogP contribution in [0.3, 0.4) is 0 Å². The third kappa shape index (κ3) is 4.02. The summed E-state index contributed by atoms with van der Waals surface area (Å²) in [7, 11) is 1.61. The van der Waals surface area contributed by atoms with E-state index in [-0.39, 0.29) is 16.8 Å². The number of halogens is 2. The van der Waals surface area contributed by atoms with Crippen LogP contribution in [0.1, 0.15) is 16.9 Å². The van der Waals surface area contributed by atoms with Gasteiger partial charge < -0.3 is 15.4 Å². The molecule has 11 heteroatoms. The van der Waals surface area contributed by atoms with Crippen LogP contribution in [0.5, 0.6) is 5.75 Å². The first-order chi connectivity index (χ1) is 17.5. The van der Waals surface area contributed by atoms with Crippen molar-refractivity contribution < 1.29 is 13.9 Å². The average molecular weight is 523 g/mol. The molecule has 36 heavy (non-hydrogen) atoms. The molecule has 2 N–H and O–H groups in total. The maximum Gasteiger partial charge on any atom is 0.227 e. The van der Waals surface area contributed by atoms with Crippen molar-refractivity contribution >= 4 is 61.8 Å². The SMILES string of the molecule is COc1cn2nccc2cc1Nc1ncnc2sc3c(c12)CC[C@H](C(=O)Nc1ccc(F)c(Cl)c1)C3. The average Bonchev–Trinajstić information content (AvgIpc) is 3.49. The summed E-state index contributed by atoms with van der Waals surface area (Å²) in [6, 6.07) is 8.05. The molecule has 4 heterocycles. The van der Waals surface area contributed by atoms with Crippen molar-refractivity contribution in [3.8, 4) is 5.75 Å². The van der Waals surface area contributed by atoms with Crippen LogP contribution < -0.4 is 15.4 Å². The molecule has 0 saturated carbocycles. The van der Waals surface area contributed by atoms with Crippen LogP contribution >= 0.6 is 22.9 Å². The number of thiophene rings is 1. The molecule has 1 aliphatic rings. The first-order valence-electron chi connectivity index (χ1n) is 11.3. The van der Waals surface area contributed by atoms with Crippen molar-refractivity contribution in [2.45, 2.75) is 19.3 Å². The minimum Gasteiger partial charge on any atom is -0.493 e. The summed E-state index contributed by atoms with van der Waals surface area (Å²) in [5, 5.41) is 11.5. The minimum absolute atomic E-state index is 0.0224. The lowest BCUT2D eigenvalue weighted by Crippen LogP contribution is -2.27. The zero-order valence-electron chi connectivity index (χ0n) is 19.1. The van der Waals surface area contributed by atoms with Crippen LogP contribution in [-0.4, -0.2) is 32.6 Å². The number of fused-ring (bicyclic) bond motifs is 4. The number of anilines is 3. The molecule has 0 spiro atoms. The number of carbonyl (C=O) groups is 1. The summed E-state index contributed by atoms with van der Waals surface area (Å²) in [5.74, 6) is 0.505. The van der Waals surface area contributed by atoms with Gasteiger partial charge in [-0.3, -0.25) is 4.79 Å². The third-order valence-corrected chi connectivity index (χ3v) is 7.83.